The van der Waals surface area contributed by atoms with Crippen molar-refractivity contribution in [1.29, 1.82) is 5.26 Å². The van der Waals surface area contributed by atoms with Gasteiger partial charge in [-0.3, -0.25) is 0 Å². The van der Waals surface area contributed by atoms with Gasteiger partial charge in [-0.05, 0) is 37.1 Å². The number of anilines is 1. The molecule has 2 heterocycles. The van der Waals surface area contributed by atoms with Crippen molar-refractivity contribution in [3.8, 4) is 11.8 Å². The first-order chi connectivity index (χ1) is 11.3. The normalized spacial score (nSPS) is 25.9. The first kappa shape index (κ1) is 14.1. The number of nitriles is 1. The van der Waals surface area contributed by atoms with Crippen molar-refractivity contribution in [2.75, 3.05) is 18.0 Å². The average molecular weight is 305 g/mol. The van der Waals surface area contributed by atoms with Gasteiger partial charge in [-0.2, -0.15) is 5.26 Å². The van der Waals surface area contributed by atoms with Gasteiger partial charge in [0.1, 0.15) is 23.7 Å². The summed E-state index contributed by atoms with van der Waals surface area (Å²) in [6, 6.07) is 16.0. The van der Waals surface area contributed by atoms with E-state index in [1.807, 2.05) is 42.5 Å². The number of nitrogens with zero attached hydrogens (tertiary/aromatic N) is 3. The number of ether oxygens (including phenoxy) is 1. The highest BCUT2D eigenvalue weighted by atomic mass is 16.5. The molecule has 0 N–H and O–H groups in total. The second-order valence-electron chi connectivity index (χ2n) is 6.41. The number of hydrogen-bond acceptors (Lipinski definition) is 4. The van der Waals surface area contributed by atoms with Crippen LogP contribution in [0.5, 0.6) is 5.75 Å². The van der Waals surface area contributed by atoms with Gasteiger partial charge in [0.15, 0.2) is 0 Å². The Morgan fingerprint density at radius 1 is 1.04 bits per heavy atom. The van der Waals surface area contributed by atoms with Crippen molar-refractivity contribution < 1.29 is 4.74 Å². The lowest BCUT2D eigenvalue weighted by Crippen LogP contribution is -2.47. The highest BCUT2D eigenvalue weighted by molar-refractivity contribution is 5.43. The number of hydrogen-bond donors (Lipinski definition) is 0. The summed E-state index contributed by atoms with van der Waals surface area (Å²) in [4.78, 5) is 6.78. The van der Waals surface area contributed by atoms with E-state index in [9.17, 15) is 0 Å². The van der Waals surface area contributed by atoms with E-state index < -0.39 is 0 Å². The Kier molecular flexibility index (Phi) is 3.63. The molecule has 1 unspecified atom stereocenters. The fourth-order valence-corrected chi connectivity index (χ4v) is 3.85. The molecule has 4 nitrogen and oxygen atoms in total. The molecule has 4 heteroatoms. The molecule has 3 atom stereocenters. The minimum Gasteiger partial charge on any atom is -0.490 e. The van der Waals surface area contributed by atoms with Crippen LogP contribution < -0.4 is 9.64 Å². The summed E-state index contributed by atoms with van der Waals surface area (Å²) >= 11 is 0. The van der Waals surface area contributed by atoms with E-state index in [1.165, 1.54) is 12.8 Å². The Labute approximate surface area is 136 Å². The molecule has 0 amide bonds. The Bertz CT molecular complexity index is 694. The van der Waals surface area contributed by atoms with Crippen LogP contribution in [0.4, 0.5) is 5.82 Å². The van der Waals surface area contributed by atoms with Crippen LogP contribution in [0, 0.1) is 23.2 Å². The fraction of sp³-hybridized carbons (Fsp3) is 0.368. The molecule has 116 valence electrons. The second kappa shape index (κ2) is 5.92. The summed E-state index contributed by atoms with van der Waals surface area (Å²) in [5.41, 5.74) is 0.610. The minimum absolute atomic E-state index is 0.312. The van der Waals surface area contributed by atoms with Gasteiger partial charge in [0.05, 0.1) is 5.56 Å². The third-order valence-electron chi connectivity index (χ3n) is 4.96. The van der Waals surface area contributed by atoms with Crippen LogP contribution in [0.15, 0.2) is 48.7 Å². The molecule has 2 aliphatic rings. The van der Waals surface area contributed by atoms with Gasteiger partial charge in [0.2, 0.25) is 0 Å². The van der Waals surface area contributed by atoms with Gasteiger partial charge in [-0.1, -0.05) is 18.2 Å². The third-order valence-corrected chi connectivity index (χ3v) is 4.96. The zero-order valence-corrected chi connectivity index (χ0v) is 12.9. The van der Waals surface area contributed by atoms with Crippen LogP contribution in [0.25, 0.3) is 0 Å². The number of fused-ring (bicyclic) bond motifs is 2. The molecule has 1 aromatic carbocycles. The predicted octanol–water partition coefficient (Wildman–Crippen LogP) is 3.25. The molecule has 23 heavy (non-hydrogen) atoms. The first-order valence-electron chi connectivity index (χ1n) is 8.16. The summed E-state index contributed by atoms with van der Waals surface area (Å²) in [7, 11) is 0. The molecule has 2 fully saturated rings. The van der Waals surface area contributed by atoms with Crippen LogP contribution in [0.1, 0.15) is 18.4 Å². The Hall–Kier alpha value is -2.54. The van der Waals surface area contributed by atoms with Crippen molar-refractivity contribution in [3.05, 3.63) is 54.2 Å². The maximum Gasteiger partial charge on any atom is 0.128 e. The molecule has 4 rings (SSSR count). The van der Waals surface area contributed by atoms with Gasteiger partial charge < -0.3 is 9.64 Å². The molecule has 1 aliphatic carbocycles. The number of piperidine rings is 1. The van der Waals surface area contributed by atoms with E-state index in [2.05, 4.69) is 16.0 Å². The van der Waals surface area contributed by atoms with Gasteiger partial charge in [-0.25, -0.2) is 4.98 Å². The average Bonchev–Trinajstić information content (AvgIpc) is 2.84. The largest absolute Gasteiger partial charge is 0.490 e. The number of aromatic nitrogens is 1. The van der Waals surface area contributed by atoms with Gasteiger partial charge in [0, 0.05) is 31.1 Å². The summed E-state index contributed by atoms with van der Waals surface area (Å²) in [6.07, 6.45) is 4.40. The number of para-hydroxylation sites is 1. The predicted molar refractivity (Wildman–Crippen MR) is 88.2 cm³/mol. The maximum absolute atomic E-state index is 8.89. The number of pyridine rings is 1. The van der Waals surface area contributed by atoms with Crippen molar-refractivity contribution in [1.82, 2.24) is 4.98 Å². The first-order valence-corrected chi connectivity index (χ1v) is 8.16. The topological polar surface area (TPSA) is 49.2 Å². The monoisotopic (exact) mass is 305 g/mol. The van der Waals surface area contributed by atoms with E-state index in [4.69, 9.17) is 10.00 Å². The summed E-state index contributed by atoms with van der Waals surface area (Å²) in [5, 5.41) is 8.89. The van der Waals surface area contributed by atoms with Crippen molar-refractivity contribution in [2.24, 2.45) is 11.8 Å². The lowest BCUT2D eigenvalue weighted by atomic mass is 9.94. The molecule has 0 spiro atoms. The smallest absolute Gasteiger partial charge is 0.128 e. The van der Waals surface area contributed by atoms with Crippen LogP contribution in [-0.4, -0.2) is 24.2 Å². The fourth-order valence-electron chi connectivity index (χ4n) is 3.85. The van der Waals surface area contributed by atoms with Crippen LogP contribution in [0.3, 0.4) is 0 Å². The standard InChI is InChI=1S/C19H19N3O/c20-10-14-6-9-18(21-11-14)22-12-15-7-8-16(13-22)19(15)23-17-4-2-1-3-5-17/h1-6,9,11,15-16,19H,7-8,12-13H2/t15-,16+,19?. The van der Waals surface area contributed by atoms with Gasteiger partial charge in [-0.15, -0.1) is 0 Å². The minimum atomic E-state index is 0.312. The molecule has 1 saturated carbocycles. The lowest BCUT2D eigenvalue weighted by molar-refractivity contribution is 0.103. The van der Waals surface area contributed by atoms with Crippen molar-refractivity contribution in [3.63, 3.8) is 0 Å². The quantitative estimate of drug-likeness (QED) is 0.873. The maximum atomic E-state index is 8.89. The molecule has 1 aliphatic heterocycles. The van der Waals surface area contributed by atoms with Gasteiger partial charge in [0.25, 0.3) is 0 Å². The Morgan fingerprint density at radius 2 is 1.78 bits per heavy atom. The summed E-state index contributed by atoms with van der Waals surface area (Å²) < 4.78 is 6.27. The molecule has 0 radical (unpaired) electrons. The van der Waals surface area contributed by atoms with E-state index in [-0.39, 0.29) is 0 Å². The molecule has 1 saturated heterocycles. The van der Waals surface area contributed by atoms with E-state index in [0.29, 0.717) is 23.5 Å². The van der Waals surface area contributed by atoms with Gasteiger partial charge >= 0.3 is 0 Å². The van der Waals surface area contributed by atoms with E-state index in [0.717, 1.165) is 24.7 Å². The lowest BCUT2D eigenvalue weighted by Gasteiger charge is -2.38. The molecular formula is C19H19N3O. The van der Waals surface area contributed by atoms with E-state index in [1.54, 1.807) is 6.20 Å². The number of benzene rings is 1. The van der Waals surface area contributed by atoms with Crippen LogP contribution in [-0.2, 0) is 0 Å². The zero-order valence-electron chi connectivity index (χ0n) is 12.9. The number of rotatable bonds is 3. The van der Waals surface area contributed by atoms with Crippen LogP contribution >= 0.6 is 0 Å². The molecule has 2 aromatic rings. The second-order valence-corrected chi connectivity index (χ2v) is 6.41. The Morgan fingerprint density at radius 3 is 2.39 bits per heavy atom. The van der Waals surface area contributed by atoms with Crippen LogP contribution in [0.2, 0.25) is 0 Å². The summed E-state index contributed by atoms with van der Waals surface area (Å²) in [6.45, 7) is 1.96. The third kappa shape index (κ3) is 2.75. The Balaban J connectivity index is 1.48. The van der Waals surface area contributed by atoms with E-state index >= 15 is 0 Å². The summed E-state index contributed by atoms with van der Waals surface area (Å²) in [5.74, 6) is 3.04. The van der Waals surface area contributed by atoms with Crippen molar-refractivity contribution >= 4 is 5.82 Å². The molecular weight excluding hydrogens is 286 g/mol. The molecule has 2 bridgehead atoms. The highest BCUT2D eigenvalue weighted by Crippen LogP contribution is 2.40. The zero-order chi connectivity index (χ0) is 15.6. The molecule has 1 aromatic heterocycles. The van der Waals surface area contributed by atoms with Crippen molar-refractivity contribution in [2.45, 2.75) is 18.9 Å². The SMILES string of the molecule is N#Cc1ccc(N2C[C@H]3CC[C@@H](C2)C3Oc2ccccc2)nc1. The highest BCUT2D eigenvalue weighted by Gasteiger charge is 2.43.